The Morgan fingerprint density at radius 2 is 1.70 bits per heavy atom. The number of hydrogen-bond acceptors (Lipinski definition) is 4. The van der Waals surface area contributed by atoms with Gasteiger partial charge in [0.05, 0.1) is 12.4 Å². The molecule has 1 aromatic carbocycles. The van der Waals surface area contributed by atoms with E-state index < -0.39 is 16.1 Å². The molecule has 1 aliphatic rings. The van der Waals surface area contributed by atoms with Crippen molar-refractivity contribution in [2.75, 3.05) is 39.0 Å². The predicted octanol–water partition coefficient (Wildman–Crippen LogP) is 0.606. The fourth-order valence-electron chi connectivity index (χ4n) is 2.38. The summed E-state index contributed by atoms with van der Waals surface area (Å²) >= 11 is 0. The summed E-state index contributed by atoms with van der Waals surface area (Å²) in [7, 11) is -3.09. The first-order valence-corrected chi connectivity index (χ1v) is 8.63. The lowest BCUT2D eigenvalue weighted by atomic mass is 10.1. The number of nitrogens with zero attached hydrogens (tertiary/aromatic N) is 2. The molecule has 0 spiro atoms. The largest absolute Gasteiger partial charge is 0.387 e. The third-order valence-corrected chi connectivity index (χ3v) is 5.00. The van der Waals surface area contributed by atoms with E-state index in [4.69, 9.17) is 0 Å². The molecule has 20 heavy (non-hydrogen) atoms. The zero-order valence-corrected chi connectivity index (χ0v) is 12.8. The van der Waals surface area contributed by atoms with E-state index in [0.717, 1.165) is 5.56 Å². The van der Waals surface area contributed by atoms with Crippen LogP contribution in [0.25, 0.3) is 0 Å². The third-order valence-electron chi connectivity index (χ3n) is 3.69. The number of piperazine rings is 1. The Bertz CT molecular complexity index is 534. The number of aliphatic hydroxyl groups excluding tert-OH is 1. The van der Waals surface area contributed by atoms with Gasteiger partial charge in [-0.1, -0.05) is 29.8 Å². The van der Waals surface area contributed by atoms with Gasteiger partial charge >= 0.3 is 0 Å². The van der Waals surface area contributed by atoms with E-state index in [1.165, 1.54) is 16.1 Å². The molecule has 1 saturated heterocycles. The third kappa shape index (κ3) is 4.02. The first-order chi connectivity index (χ1) is 9.36. The maximum Gasteiger partial charge on any atom is 0.211 e. The lowest BCUT2D eigenvalue weighted by Gasteiger charge is -2.34. The minimum absolute atomic E-state index is 0.499. The van der Waals surface area contributed by atoms with Gasteiger partial charge in [0.25, 0.3) is 0 Å². The van der Waals surface area contributed by atoms with Crippen molar-refractivity contribution in [1.29, 1.82) is 0 Å². The highest BCUT2D eigenvalue weighted by Crippen LogP contribution is 2.16. The van der Waals surface area contributed by atoms with Crippen LogP contribution in [0, 0.1) is 6.92 Å². The highest BCUT2D eigenvalue weighted by atomic mass is 32.2. The van der Waals surface area contributed by atoms with E-state index in [9.17, 15) is 13.5 Å². The Balaban J connectivity index is 1.88. The van der Waals surface area contributed by atoms with Crippen LogP contribution in [0.15, 0.2) is 24.3 Å². The summed E-state index contributed by atoms with van der Waals surface area (Å²) in [5.41, 5.74) is 2.07. The summed E-state index contributed by atoms with van der Waals surface area (Å²) in [5, 5.41) is 10.2. The quantitative estimate of drug-likeness (QED) is 0.884. The molecule has 0 aromatic heterocycles. The van der Waals surface area contributed by atoms with Gasteiger partial charge in [0.15, 0.2) is 0 Å². The zero-order chi connectivity index (χ0) is 14.8. The van der Waals surface area contributed by atoms with Crippen molar-refractivity contribution < 1.29 is 13.5 Å². The predicted molar refractivity (Wildman–Crippen MR) is 79.0 cm³/mol. The number of hydrogen-bond donors (Lipinski definition) is 1. The minimum Gasteiger partial charge on any atom is -0.387 e. The average Bonchev–Trinajstić information content (AvgIpc) is 2.39. The van der Waals surface area contributed by atoms with Crippen molar-refractivity contribution in [3.05, 3.63) is 35.4 Å². The van der Waals surface area contributed by atoms with Crippen molar-refractivity contribution in [3.8, 4) is 0 Å². The second kappa shape index (κ2) is 6.22. The Kier molecular flexibility index (Phi) is 4.80. The summed E-state index contributed by atoms with van der Waals surface area (Å²) < 4.78 is 24.3. The molecular weight excluding hydrogens is 276 g/mol. The van der Waals surface area contributed by atoms with Gasteiger partial charge in [0.1, 0.15) is 0 Å². The Morgan fingerprint density at radius 3 is 2.20 bits per heavy atom. The van der Waals surface area contributed by atoms with Crippen molar-refractivity contribution in [1.82, 2.24) is 9.21 Å². The fraction of sp³-hybridized carbons (Fsp3) is 0.571. The van der Waals surface area contributed by atoms with Gasteiger partial charge in [-0.15, -0.1) is 0 Å². The summed E-state index contributed by atoms with van der Waals surface area (Å²) in [6.45, 7) is 4.88. The molecule has 0 radical (unpaired) electrons. The van der Waals surface area contributed by atoms with Gasteiger partial charge in [-0.2, -0.15) is 4.31 Å². The molecule has 6 heteroatoms. The van der Waals surface area contributed by atoms with Crippen LogP contribution in [-0.4, -0.2) is 61.7 Å². The van der Waals surface area contributed by atoms with Gasteiger partial charge in [-0.25, -0.2) is 8.42 Å². The van der Waals surface area contributed by atoms with Crippen LogP contribution in [-0.2, 0) is 10.0 Å². The molecule has 2 rings (SSSR count). The van der Waals surface area contributed by atoms with Gasteiger partial charge in [0.2, 0.25) is 10.0 Å². The zero-order valence-electron chi connectivity index (χ0n) is 12.0. The number of sulfonamides is 1. The molecule has 1 N–H and O–H groups in total. The van der Waals surface area contributed by atoms with Crippen LogP contribution in [0.3, 0.4) is 0 Å². The Labute approximate surface area is 120 Å². The van der Waals surface area contributed by atoms with E-state index in [2.05, 4.69) is 4.90 Å². The Hall–Kier alpha value is -0.950. The van der Waals surface area contributed by atoms with E-state index in [0.29, 0.717) is 32.7 Å². The smallest absolute Gasteiger partial charge is 0.211 e. The van der Waals surface area contributed by atoms with Crippen LogP contribution in [0.1, 0.15) is 17.2 Å². The van der Waals surface area contributed by atoms with Crippen LogP contribution in [0.4, 0.5) is 0 Å². The topological polar surface area (TPSA) is 60.9 Å². The van der Waals surface area contributed by atoms with Crippen LogP contribution in [0.2, 0.25) is 0 Å². The Morgan fingerprint density at radius 1 is 1.15 bits per heavy atom. The molecule has 1 atom stereocenters. The highest BCUT2D eigenvalue weighted by Gasteiger charge is 2.24. The maximum atomic E-state index is 11.4. The van der Waals surface area contributed by atoms with Gasteiger partial charge in [0, 0.05) is 32.7 Å². The second-order valence-corrected chi connectivity index (χ2v) is 7.37. The molecule has 1 heterocycles. The van der Waals surface area contributed by atoms with Crippen LogP contribution < -0.4 is 0 Å². The molecule has 0 bridgehead atoms. The molecule has 0 saturated carbocycles. The first kappa shape index (κ1) is 15.4. The van der Waals surface area contributed by atoms with Crippen molar-refractivity contribution in [2.45, 2.75) is 13.0 Å². The highest BCUT2D eigenvalue weighted by molar-refractivity contribution is 7.88. The summed E-state index contributed by atoms with van der Waals surface area (Å²) in [4.78, 5) is 2.10. The summed E-state index contributed by atoms with van der Waals surface area (Å²) in [6, 6.07) is 7.85. The number of aryl methyl sites for hydroxylation is 1. The van der Waals surface area contributed by atoms with Crippen LogP contribution >= 0.6 is 0 Å². The fourth-order valence-corrected chi connectivity index (χ4v) is 3.21. The molecule has 1 unspecified atom stereocenters. The van der Waals surface area contributed by atoms with Gasteiger partial charge in [-0.05, 0) is 12.5 Å². The SMILES string of the molecule is Cc1ccc(C(O)CN2CCN(S(C)(=O)=O)CC2)cc1. The molecule has 1 aliphatic heterocycles. The molecule has 0 aliphatic carbocycles. The minimum atomic E-state index is -3.09. The lowest BCUT2D eigenvalue weighted by Crippen LogP contribution is -2.49. The van der Waals surface area contributed by atoms with Crippen molar-refractivity contribution >= 4 is 10.0 Å². The maximum absolute atomic E-state index is 11.4. The van der Waals surface area contributed by atoms with Gasteiger partial charge in [-0.3, -0.25) is 4.90 Å². The summed E-state index contributed by atoms with van der Waals surface area (Å²) in [5.74, 6) is 0. The molecular formula is C14H22N2O3S. The summed E-state index contributed by atoms with van der Waals surface area (Å²) in [6.07, 6.45) is 0.712. The molecule has 112 valence electrons. The number of benzene rings is 1. The molecule has 1 fully saturated rings. The molecule has 1 aromatic rings. The first-order valence-electron chi connectivity index (χ1n) is 6.78. The van der Waals surface area contributed by atoms with E-state index >= 15 is 0 Å². The van der Waals surface area contributed by atoms with E-state index in [1.807, 2.05) is 31.2 Å². The van der Waals surface area contributed by atoms with Crippen LogP contribution in [0.5, 0.6) is 0 Å². The standard InChI is InChI=1S/C14H22N2O3S/c1-12-3-5-13(6-4-12)14(17)11-15-7-9-16(10-8-15)20(2,18)19/h3-6,14,17H,7-11H2,1-2H3. The molecule has 5 nitrogen and oxygen atoms in total. The number of rotatable bonds is 4. The van der Waals surface area contributed by atoms with Crippen molar-refractivity contribution in [3.63, 3.8) is 0 Å². The van der Waals surface area contributed by atoms with Gasteiger partial charge < -0.3 is 5.11 Å². The number of aliphatic hydroxyl groups is 1. The lowest BCUT2D eigenvalue weighted by molar-refractivity contribution is 0.0922. The van der Waals surface area contributed by atoms with E-state index in [1.54, 1.807) is 0 Å². The average molecular weight is 298 g/mol. The normalized spacial score (nSPS) is 19.9. The molecule has 0 amide bonds. The van der Waals surface area contributed by atoms with E-state index in [-0.39, 0.29) is 0 Å². The number of β-amino-alcohol motifs (C(OH)–C–C–N with tert-alkyl or cyclic N) is 1. The monoisotopic (exact) mass is 298 g/mol. The van der Waals surface area contributed by atoms with Crippen molar-refractivity contribution in [2.24, 2.45) is 0 Å². The second-order valence-electron chi connectivity index (χ2n) is 5.39.